The molecule has 0 heterocycles. The van der Waals surface area contributed by atoms with Crippen LogP contribution in [0.15, 0.2) is 22.8 Å². The quantitative estimate of drug-likeness (QED) is 0.561. The molecular formula is C15H22O. The Bertz CT molecular complexity index is 382. The molecule has 0 aliphatic heterocycles. The molecule has 2 atom stereocenters. The second-order valence-corrected chi connectivity index (χ2v) is 5.84. The number of ketones is 1. The predicted octanol–water partition coefficient (Wildman–Crippen LogP) is 4.05. The summed E-state index contributed by atoms with van der Waals surface area (Å²) in [5.74, 6) is 0.836. The first-order valence-corrected chi connectivity index (χ1v) is 6.32. The van der Waals surface area contributed by atoms with Gasteiger partial charge in [0.15, 0.2) is 5.78 Å². The average molecular weight is 218 g/mol. The van der Waals surface area contributed by atoms with E-state index in [1.807, 2.05) is 6.08 Å². The first kappa shape index (κ1) is 11.6. The van der Waals surface area contributed by atoms with Crippen molar-refractivity contribution in [2.24, 2.45) is 11.3 Å². The smallest absolute Gasteiger partial charge is 0.155 e. The molecule has 16 heavy (non-hydrogen) atoms. The maximum atomic E-state index is 11.6. The summed E-state index contributed by atoms with van der Waals surface area (Å²) in [5, 5.41) is 0. The van der Waals surface area contributed by atoms with Gasteiger partial charge in [-0.05, 0) is 57.4 Å². The van der Waals surface area contributed by atoms with Gasteiger partial charge in [0.2, 0.25) is 0 Å². The molecule has 88 valence electrons. The highest BCUT2D eigenvalue weighted by Crippen LogP contribution is 2.55. The van der Waals surface area contributed by atoms with Crippen molar-refractivity contribution in [1.29, 1.82) is 0 Å². The van der Waals surface area contributed by atoms with Crippen molar-refractivity contribution in [3.8, 4) is 0 Å². The van der Waals surface area contributed by atoms with Gasteiger partial charge in [0.1, 0.15) is 0 Å². The van der Waals surface area contributed by atoms with Gasteiger partial charge in [-0.15, -0.1) is 0 Å². The van der Waals surface area contributed by atoms with Gasteiger partial charge in [-0.3, -0.25) is 4.79 Å². The van der Waals surface area contributed by atoms with Crippen molar-refractivity contribution < 1.29 is 4.79 Å². The summed E-state index contributed by atoms with van der Waals surface area (Å²) in [6, 6.07) is 0. The second-order valence-electron chi connectivity index (χ2n) is 5.84. The van der Waals surface area contributed by atoms with Gasteiger partial charge in [0, 0.05) is 6.42 Å². The maximum Gasteiger partial charge on any atom is 0.155 e. The Morgan fingerprint density at radius 2 is 2.12 bits per heavy atom. The van der Waals surface area contributed by atoms with Gasteiger partial charge in [0.25, 0.3) is 0 Å². The molecule has 2 rings (SSSR count). The van der Waals surface area contributed by atoms with E-state index in [1.54, 1.807) is 5.57 Å². The standard InChI is InChI=1S/C15H22O/c1-10(2)13-5-6-15(9-13)11(3)7-14(16)8-12(15)4/h7,12H,5-6,8-9H2,1-4H3/t12-,15-/m0/s1. The molecule has 2 aliphatic carbocycles. The van der Waals surface area contributed by atoms with E-state index in [4.69, 9.17) is 0 Å². The number of carbonyl (C=O) groups excluding carboxylic acids is 1. The van der Waals surface area contributed by atoms with E-state index in [0.29, 0.717) is 17.1 Å². The molecule has 1 spiro atoms. The summed E-state index contributed by atoms with van der Waals surface area (Å²) in [6.07, 6.45) is 6.30. The Morgan fingerprint density at radius 3 is 2.62 bits per heavy atom. The van der Waals surface area contributed by atoms with Gasteiger partial charge >= 0.3 is 0 Å². The molecule has 0 bridgehead atoms. The summed E-state index contributed by atoms with van der Waals surface area (Å²) in [5.41, 5.74) is 4.73. The van der Waals surface area contributed by atoms with Crippen LogP contribution in [0.1, 0.15) is 53.4 Å². The van der Waals surface area contributed by atoms with Crippen LogP contribution in [0.25, 0.3) is 0 Å². The number of hydrogen-bond donors (Lipinski definition) is 0. The molecule has 2 aliphatic rings. The van der Waals surface area contributed by atoms with Crippen molar-refractivity contribution >= 4 is 5.78 Å². The minimum Gasteiger partial charge on any atom is -0.295 e. The van der Waals surface area contributed by atoms with Crippen LogP contribution in [0.3, 0.4) is 0 Å². The van der Waals surface area contributed by atoms with Crippen LogP contribution in [0.5, 0.6) is 0 Å². The SMILES string of the molecule is CC1=CC(=O)C[C@H](C)[C@]12CCC(=C(C)C)C2. The van der Waals surface area contributed by atoms with E-state index < -0.39 is 0 Å². The van der Waals surface area contributed by atoms with Gasteiger partial charge in [-0.25, -0.2) is 0 Å². The molecule has 0 saturated heterocycles. The average Bonchev–Trinajstić information content (AvgIpc) is 2.60. The molecule has 0 aromatic carbocycles. The normalized spacial score (nSPS) is 34.5. The summed E-state index contributed by atoms with van der Waals surface area (Å²) in [7, 11) is 0. The zero-order valence-corrected chi connectivity index (χ0v) is 10.9. The van der Waals surface area contributed by atoms with Crippen LogP contribution < -0.4 is 0 Å². The fourth-order valence-corrected chi connectivity index (χ4v) is 3.45. The second kappa shape index (κ2) is 3.87. The lowest BCUT2D eigenvalue weighted by atomic mass is 9.65. The Hall–Kier alpha value is -0.850. The minimum absolute atomic E-state index is 0.306. The van der Waals surface area contributed by atoms with Crippen LogP contribution in [-0.4, -0.2) is 5.78 Å². The van der Waals surface area contributed by atoms with Crippen molar-refractivity contribution in [2.75, 3.05) is 0 Å². The van der Waals surface area contributed by atoms with Gasteiger partial charge < -0.3 is 0 Å². The molecule has 0 N–H and O–H groups in total. The van der Waals surface area contributed by atoms with Crippen molar-refractivity contribution in [3.05, 3.63) is 22.8 Å². The molecule has 1 saturated carbocycles. The van der Waals surface area contributed by atoms with Crippen LogP contribution in [0.2, 0.25) is 0 Å². The highest BCUT2D eigenvalue weighted by Gasteiger charge is 2.45. The number of allylic oxidation sites excluding steroid dienone is 4. The number of carbonyl (C=O) groups is 1. The van der Waals surface area contributed by atoms with Crippen LogP contribution >= 0.6 is 0 Å². The van der Waals surface area contributed by atoms with E-state index in [-0.39, 0.29) is 0 Å². The lowest BCUT2D eigenvalue weighted by molar-refractivity contribution is -0.117. The zero-order valence-electron chi connectivity index (χ0n) is 10.9. The van der Waals surface area contributed by atoms with Crippen molar-refractivity contribution in [1.82, 2.24) is 0 Å². The van der Waals surface area contributed by atoms with Crippen LogP contribution in [-0.2, 0) is 4.79 Å². The molecule has 0 unspecified atom stereocenters. The van der Waals surface area contributed by atoms with E-state index in [0.717, 1.165) is 6.42 Å². The third-order valence-corrected chi connectivity index (χ3v) is 4.72. The van der Waals surface area contributed by atoms with E-state index in [9.17, 15) is 4.79 Å². The molecule has 0 aromatic heterocycles. The van der Waals surface area contributed by atoms with E-state index in [1.165, 1.54) is 30.4 Å². The van der Waals surface area contributed by atoms with Gasteiger partial charge in [-0.2, -0.15) is 0 Å². The third-order valence-electron chi connectivity index (χ3n) is 4.72. The molecule has 1 fully saturated rings. The summed E-state index contributed by atoms with van der Waals surface area (Å²) in [6.45, 7) is 8.84. The van der Waals surface area contributed by atoms with Crippen molar-refractivity contribution in [3.63, 3.8) is 0 Å². The number of hydrogen-bond acceptors (Lipinski definition) is 1. The fourth-order valence-electron chi connectivity index (χ4n) is 3.45. The lowest BCUT2D eigenvalue weighted by Gasteiger charge is -2.39. The molecule has 1 nitrogen and oxygen atoms in total. The highest BCUT2D eigenvalue weighted by atomic mass is 16.1. The third kappa shape index (κ3) is 1.66. The maximum absolute atomic E-state index is 11.6. The Balaban J connectivity index is 2.37. The first-order valence-electron chi connectivity index (χ1n) is 6.32. The predicted molar refractivity (Wildman–Crippen MR) is 67.2 cm³/mol. The monoisotopic (exact) mass is 218 g/mol. The lowest BCUT2D eigenvalue weighted by Crippen LogP contribution is -2.32. The van der Waals surface area contributed by atoms with Crippen LogP contribution in [0.4, 0.5) is 0 Å². The highest BCUT2D eigenvalue weighted by molar-refractivity contribution is 5.91. The van der Waals surface area contributed by atoms with Gasteiger partial charge in [-0.1, -0.05) is 23.6 Å². The Labute approximate surface area is 98.6 Å². The topological polar surface area (TPSA) is 17.1 Å². The molecule has 0 aromatic rings. The van der Waals surface area contributed by atoms with Crippen LogP contribution in [0, 0.1) is 11.3 Å². The first-order chi connectivity index (χ1) is 7.45. The molecule has 0 radical (unpaired) electrons. The summed E-state index contributed by atoms with van der Waals surface area (Å²) < 4.78 is 0. The summed E-state index contributed by atoms with van der Waals surface area (Å²) in [4.78, 5) is 11.6. The molecule has 1 heteroatoms. The van der Waals surface area contributed by atoms with E-state index in [2.05, 4.69) is 27.7 Å². The van der Waals surface area contributed by atoms with E-state index >= 15 is 0 Å². The van der Waals surface area contributed by atoms with Gasteiger partial charge in [0.05, 0.1) is 0 Å². The summed E-state index contributed by atoms with van der Waals surface area (Å²) >= 11 is 0. The minimum atomic E-state index is 0.306. The number of rotatable bonds is 0. The molecular weight excluding hydrogens is 196 g/mol. The zero-order chi connectivity index (χ0) is 11.9. The Morgan fingerprint density at radius 1 is 1.44 bits per heavy atom. The largest absolute Gasteiger partial charge is 0.295 e. The Kier molecular flexibility index (Phi) is 2.81. The van der Waals surface area contributed by atoms with Crippen molar-refractivity contribution in [2.45, 2.75) is 53.4 Å². The fraction of sp³-hybridized carbons (Fsp3) is 0.667. The molecule has 0 amide bonds.